The van der Waals surface area contributed by atoms with Crippen molar-refractivity contribution >= 4 is 17.1 Å². The topological polar surface area (TPSA) is 74.8 Å². The Kier molecular flexibility index (Phi) is 4.45. The summed E-state index contributed by atoms with van der Waals surface area (Å²) < 4.78 is 0. The summed E-state index contributed by atoms with van der Waals surface area (Å²) in [4.78, 5) is 23.4. The van der Waals surface area contributed by atoms with Gasteiger partial charge in [-0.1, -0.05) is 19.3 Å². The largest absolute Gasteiger partial charge is 0.342 e. The van der Waals surface area contributed by atoms with Crippen LogP contribution in [0, 0.1) is 5.92 Å². The van der Waals surface area contributed by atoms with E-state index in [1.807, 2.05) is 0 Å². The van der Waals surface area contributed by atoms with E-state index in [-0.39, 0.29) is 5.92 Å². The molecule has 0 radical (unpaired) electrons. The maximum atomic E-state index is 12.7. The van der Waals surface area contributed by atoms with Gasteiger partial charge >= 0.3 is 0 Å². The van der Waals surface area contributed by atoms with E-state index in [4.69, 9.17) is 0 Å². The van der Waals surface area contributed by atoms with Gasteiger partial charge in [-0.25, -0.2) is 9.97 Å². The molecule has 1 aliphatic heterocycles. The Labute approximate surface area is 142 Å². The third kappa shape index (κ3) is 3.14. The molecule has 24 heavy (non-hydrogen) atoms. The predicted molar refractivity (Wildman–Crippen MR) is 91.4 cm³/mol. The smallest absolute Gasteiger partial charge is 0.222 e. The van der Waals surface area contributed by atoms with Gasteiger partial charge in [-0.3, -0.25) is 9.89 Å². The molecule has 128 valence electrons. The predicted octanol–water partition coefficient (Wildman–Crippen LogP) is 3.03. The van der Waals surface area contributed by atoms with E-state index in [0.29, 0.717) is 17.5 Å². The lowest BCUT2D eigenvalue weighted by molar-refractivity contribution is -0.133. The number of hydrogen-bond acceptors (Lipinski definition) is 4. The van der Waals surface area contributed by atoms with E-state index in [2.05, 4.69) is 25.1 Å². The molecule has 2 aromatic heterocycles. The van der Waals surface area contributed by atoms with Crippen LogP contribution in [0.1, 0.15) is 63.0 Å². The summed E-state index contributed by atoms with van der Waals surface area (Å²) in [5, 5.41) is 7.37. The van der Waals surface area contributed by atoms with Crippen LogP contribution in [0.3, 0.4) is 0 Å². The van der Waals surface area contributed by atoms with Crippen LogP contribution in [0.15, 0.2) is 12.4 Å². The second-order valence-corrected chi connectivity index (χ2v) is 7.25. The Morgan fingerprint density at radius 2 is 1.96 bits per heavy atom. The second-order valence-electron chi connectivity index (χ2n) is 7.25. The molecule has 1 atom stereocenters. The molecule has 0 unspecified atom stereocenters. The number of nitrogens with one attached hydrogen (secondary N) is 1. The number of nitrogens with zero attached hydrogens (tertiary/aromatic N) is 4. The van der Waals surface area contributed by atoms with Gasteiger partial charge in [0.25, 0.3) is 0 Å². The van der Waals surface area contributed by atoms with E-state index < -0.39 is 0 Å². The zero-order chi connectivity index (χ0) is 16.4. The highest BCUT2D eigenvalue weighted by molar-refractivity contribution is 5.77. The third-order valence-corrected chi connectivity index (χ3v) is 5.59. The van der Waals surface area contributed by atoms with E-state index >= 15 is 0 Å². The molecular formula is C18H25N5O. The second kappa shape index (κ2) is 6.87. The number of hydrogen-bond donors (Lipinski definition) is 1. The van der Waals surface area contributed by atoms with E-state index in [9.17, 15) is 4.79 Å². The number of aromatic nitrogens is 4. The molecule has 3 heterocycles. The molecule has 1 N–H and O–H groups in total. The van der Waals surface area contributed by atoms with Crippen molar-refractivity contribution in [3.8, 4) is 0 Å². The monoisotopic (exact) mass is 327 g/mol. The fourth-order valence-corrected chi connectivity index (χ4v) is 4.26. The van der Waals surface area contributed by atoms with Crippen molar-refractivity contribution in [3.05, 3.63) is 18.1 Å². The van der Waals surface area contributed by atoms with Gasteiger partial charge in [-0.2, -0.15) is 5.10 Å². The number of piperidine rings is 1. The first kappa shape index (κ1) is 15.5. The van der Waals surface area contributed by atoms with Crippen molar-refractivity contribution in [2.24, 2.45) is 5.92 Å². The maximum absolute atomic E-state index is 12.7. The lowest BCUT2D eigenvalue weighted by atomic mass is 9.86. The van der Waals surface area contributed by atoms with Gasteiger partial charge in [0.15, 0.2) is 5.65 Å². The minimum atomic E-state index is 0.288. The molecule has 1 aliphatic carbocycles. The highest BCUT2D eigenvalue weighted by atomic mass is 16.2. The number of carbonyl (C=O) groups excluding carboxylic acids is 1. The van der Waals surface area contributed by atoms with Crippen molar-refractivity contribution < 1.29 is 4.79 Å². The minimum absolute atomic E-state index is 0.288. The molecule has 1 amide bonds. The highest BCUT2D eigenvalue weighted by Crippen LogP contribution is 2.31. The fraction of sp³-hybridized carbons (Fsp3) is 0.667. The average Bonchev–Trinajstić information content (AvgIpc) is 3.07. The molecule has 6 heteroatoms. The number of likely N-dealkylation sites (tertiary alicyclic amines) is 1. The van der Waals surface area contributed by atoms with Gasteiger partial charge in [-0.15, -0.1) is 0 Å². The zero-order valence-corrected chi connectivity index (χ0v) is 14.1. The Morgan fingerprint density at radius 1 is 1.12 bits per heavy atom. The summed E-state index contributed by atoms with van der Waals surface area (Å²) in [6, 6.07) is 0. The number of fused-ring (bicyclic) bond motifs is 1. The summed E-state index contributed by atoms with van der Waals surface area (Å²) in [6.07, 6.45) is 12.6. The lowest BCUT2D eigenvalue weighted by Crippen LogP contribution is -2.40. The van der Waals surface area contributed by atoms with Crippen LogP contribution in [-0.2, 0) is 4.79 Å². The number of H-pyrrole nitrogens is 1. The Morgan fingerprint density at radius 3 is 2.83 bits per heavy atom. The summed E-state index contributed by atoms with van der Waals surface area (Å²) in [7, 11) is 0. The Balaban J connectivity index is 1.44. The molecule has 1 saturated carbocycles. The molecule has 1 saturated heterocycles. The zero-order valence-electron chi connectivity index (χ0n) is 14.1. The van der Waals surface area contributed by atoms with Crippen LogP contribution >= 0.6 is 0 Å². The first-order valence-electron chi connectivity index (χ1n) is 9.24. The van der Waals surface area contributed by atoms with Gasteiger partial charge in [0, 0.05) is 37.8 Å². The van der Waals surface area contributed by atoms with Crippen molar-refractivity contribution in [2.75, 3.05) is 13.1 Å². The van der Waals surface area contributed by atoms with Crippen LogP contribution in [0.2, 0.25) is 0 Å². The average molecular weight is 327 g/mol. The molecule has 0 aromatic carbocycles. The summed E-state index contributed by atoms with van der Waals surface area (Å²) >= 11 is 0. The fourth-order valence-electron chi connectivity index (χ4n) is 4.26. The number of aromatic amines is 1. The molecule has 2 fully saturated rings. The summed E-state index contributed by atoms with van der Waals surface area (Å²) in [6.45, 7) is 1.67. The first-order chi connectivity index (χ1) is 11.8. The molecule has 4 rings (SSSR count). The van der Waals surface area contributed by atoms with Gasteiger partial charge in [-0.05, 0) is 31.6 Å². The van der Waals surface area contributed by atoms with Crippen molar-refractivity contribution in [1.82, 2.24) is 25.1 Å². The molecule has 0 bridgehead atoms. The summed E-state index contributed by atoms with van der Waals surface area (Å²) in [5.41, 5.74) is 2.55. The Bertz CT molecular complexity index is 706. The van der Waals surface area contributed by atoms with Crippen LogP contribution in [-0.4, -0.2) is 44.1 Å². The standard InChI is InChI=1S/C18H25N5O/c24-15(11-13-5-2-1-3-6-13)23-10-4-7-14(12-23)16-17-18(22-21-16)20-9-8-19-17/h8-9,13-14H,1-7,10-12H2,(H,20,21,22)/t14-/m0/s1. The van der Waals surface area contributed by atoms with Crippen LogP contribution in [0.5, 0.6) is 0 Å². The lowest BCUT2D eigenvalue weighted by Gasteiger charge is -2.33. The van der Waals surface area contributed by atoms with Crippen molar-refractivity contribution in [1.29, 1.82) is 0 Å². The highest BCUT2D eigenvalue weighted by Gasteiger charge is 2.29. The number of carbonyl (C=O) groups is 1. The SMILES string of the molecule is O=C(CC1CCCCC1)N1CCC[C@H](c2[nH]nc3nccnc23)C1. The quantitative estimate of drug-likeness (QED) is 0.940. The van der Waals surface area contributed by atoms with Crippen LogP contribution in [0.4, 0.5) is 0 Å². The Hall–Kier alpha value is -1.98. The van der Waals surface area contributed by atoms with E-state index in [0.717, 1.165) is 43.6 Å². The van der Waals surface area contributed by atoms with Crippen LogP contribution in [0.25, 0.3) is 11.2 Å². The number of amides is 1. The maximum Gasteiger partial charge on any atom is 0.222 e. The van der Waals surface area contributed by atoms with Gasteiger partial charge in [0.1, 0.15) is 5.52 Å². The molecular weight excluding hydrogens is 302 g/mol. The molecule has 6 nitrogen and oxygen atoms in total. The van der Waals surface area contributed by atoms with Crippen molar-refractivity contribution in [2.45, 2.75) is 57.3 Å². The normalized spacial score (nSPS) is 22.8. The van der Waals surface area contributed by atoms with E-state index in [1.54, 1.807) is 12.4 Å². The minimum Gasteiger partial charge on any atom is -0.342 e. The first-order valence-corrected chi connectivity index (χ1v) is 9.24. The summed E-state index contributed by atoms with van der Waals surface area (Å²) in [5.74, 6) is 1.22. The van der Waals surface area contributed by atoms with Gasteiger partial charge < -0.3 is 4.90 Å². The molecule has 2 aliphatic rings. The van der Waals surface area contributed by atoms with Gasteiger partial charge in [0.05, 0.1) is 5.69 Å². The third-order valence-electron chi connectivity index (χ3n) is 5.59. The molecule has 2 aromatic rings. The molecule has 0 spiro atoms. The number of rotatable bonds is 3. The van der Waals surface area contributed by atoms with Gasteiger partial charge in [0.2, 0.25) is 5.91 Å². The van der Waals surface area contributed by atoms with Crippen molar-refractivity contribution in [3.63, 3.8) is 0 Å². The van der Waals surface area contributed by atoms with Crippen LogP contribution < -0.4 is 0 Å². The van der Waals surface area contributed by atoms with E-state index in [1.165, 1.54) is 32.1 Å².